The molecule has 0 bridgehead atoms. The molecule has 0 radical (unpaired) electrons. The van der Waals surface area contributed by atoms with E-state index in [1.807, 2.05) is 24.3 Å². The lowest BCUT2D eigenvalue weighted by Gasteiger charge is -2.17. The standard InChI is InChI=1S/C32H25F4N3O3/c1-19-37-31(42-39-19)28(17-20-3-5-21(6-4-20)22-9-14-26(33)15-10-22)38-30(40)27-18-24(11-16-29(27)41-2)23-7-12-25(13-8-23)32(34,35)36/h3-16,18,28H,17H2,1-2H3,(H,38,40)/t28-/m1/s1. The van der Waals surface area contributed by atoms with Gasteiger partial charge in [0.1, 0.15) is 17.6 Å². The fourth-order valence-corrected chi connectivity index (χ4v) is 4.52. The van der Waals surface area contributed by atoms with Gasteiger partial charge in [-0.15, -0.1) is 0 Å². The molecule has 0 saturated heterocycles. The Morgan fingerprint density at radius 2 is 1.45 bits per heavy atom. The molecule has 0 aliphatic carbocycles. The number of aromatic nitrogens is 2. The van der Waals surface area contributed by atoms with Crippen LogP contribution in [0.25, 0.3) is 22.3 Å². The van der Waals surface area contributed by atoms with E-state index in [1.54, 1.807) is 37.3 Å². The van der Waals surface area contributed by atoms with Crippen molar-refractivity contribution in [1.29, 1.82) is 0 Å². The summed E-state index contributed by atoms with van der Waals surface area (Å²) in [6.07, 6.45) is -4.13. The number of methoxy groups -OCH3 is 1. The zero-order valence-electron chi connectivity index (χ0n) is 22.6. The van der Waals surface area contributed by atoms with E-state index in [0.717, 1.165) is 28.8 Å². The number of alkyl halides is 3. The van der Waals surface area contributed by atoms with Gasteiger partial charge in [-0.25, -0.2) is 4.39 Å². The van der Waals surface area contributed by atoms with Gasteiger partial charge in [0, 0.05) is 6.42 Å². The molecule has 0 unspecified atom stereocenters. The molecule has 1 amide bonds. The van der Waals surface area contributed by atoms with E-state index in [2.05, 4.69) is 15.5 Å². The second-order valence-corrected chi connectivity index (χ2v) is 9.60. The molecule has 42 heavy (non-hydrogen) atoms. The maximum Gasteiger partial charge on any atom is 0.416 e. The van der Waals surface area contributed by atoms with Crippen molar-refractivity contribution in [3.05, 3.63) is 125 Å². The van der Waals surface area contributed by atoms with E-state index in [9.17, 15) is 22.4 Å². The Hall–Kier alpha value is -4.99. The summed E-state index contributed by atoms with van der Waals surface area (Å²) in [5.74, 6) is 0.0844. The lowest BCUT2D eigenvalue weighted by atomic mass is 9.99. The number of benzene rings is 4. The predicted octanol–water partition coefficient (Wildman–Crippen LogP) is 7.59. The van der Waals surface area contributed by atoms with Crippen LogP contribution >= 0.6 is 0 Å². The monoisotopic (exact) mass is 575 g/mol. The van der Waals surface area contributed by atoms with E-state index >= 15 is 0 Å². The van der Waals surface area contributed by atoms with Crippen molar-refractivity contribution in [3.8, 4) is 28.0 Å². The number of halogens is 4. The van der Waals surface area contributed by atoms with Crippen LogP contribution in [0.3, 0.4) is 0 Å². The van der Waals surface area contributed by atoms with Crippen LogP contribution < -0.4 is 10.1 Å². The summed E-state index contributed by atoms with van der Waals surface area (Å²) in [7, 11) is 1.42. The summed E-state index contributed by atoms with van der Waals surface area (Å²) < 4.78 is 63.2. The van der Waals surface area contributed by atoms with Crippen LogP contribution in [0, 0.1) is 12.7 Å². The third-order valence-electron chi connectivity index (χ3n) is 6.71. The van der Waals surface area contributed by atoms with E-state index in [1.165, 1.54) is 31.4 Å². The molecular formula is C32H25F4N3O3. The molecule has 1 aromatic heterocycles. The van der Waals surface area contributed by atoms with Gasteiger partial charge in [0.2, 0.25) is 5.89 Å². The predicted molar refractivity (Wildman–Crippen MR) is 148 cm³/mol. The summed E-state index contributed by atoms with van der Waals surface area (Å²) in [5, 5.41) is 6.80. The third-order valence-corrected chi connectivity index (χ3v) is 6.71. The van der Waals surface area contributed by atoms with Gasteiger partial charge >= 0.3 is 6.18 Å². The summed E-state index contributed by atoms with van der Waals surface area (Å²) in [4.78, 5) is 17.9. The first-order valence-corrected chi connectivity index (χ1v) is 12.9. The molecule has 10 heteroatoms. The molecule has 5 aromatic rings. The molecule has 5 rings (SSSR count). The van der Waals surface area contributed by atoms with Crippen molar-refractivity contribution < 1.29 is 31.6 Å². The molecule has 1 N–H and O–H groups in total. The van der Waals surface area contributed by atoms with Crippen molar-refractivity contribution in [1.82, 2.24) is 15.5 Å². The highest BCUT2D eigenvalue weighted by Gasteiger charge is 2.30. The van der Waals surface area contributed by atoms with Crippen molar-refractivity contribution in [2.24, 2.45) is 0 Å². The zero-order valence-corrected chi connectivity index (χ0v) is 22.6. The van der Waals surface area contributed by atoms with Crippen molar-refractivity contribution in [2.75, 3.05) is 7.11 Å². The first-order chi connectivity index (χ1) is 20.1. The molecule has 1 heterocycles. The lowest BCUT2D eigenvalue weighted by molar-refractivity contribution is -0.137. The number of hydrogen-bond donors (Lipinski definition) is 1. The van der Waals surface area contributed by atoms with E-state index in [-0.39, 0.29) is 23.0 Å². The number of ether oxygens (including phenoxy) is 1. The molecule has 0 saturated carbocycles. The minimum absolute atomic E-state index is 0.183. The highest BCUT2D eigenvalue weighted by Crippen LogP contribution is 2.33. The van der Waals surface area contributed by atoms with Gasteiger partial charge in [0.15, 0.2) is 5.82 Å². The Morgan fingerprint density at radius 3 is 2.02 bits per heavy atom. The van der Waals surface area contributed by atoms with Gasteiger partial charge in [-0.3, -0.25) is 4.79 Å². The van der Waals surface area contributed by atoms with Gasteiger partial charge in [0.25, 0.3) is 5.91 Å². The number of aryl methyl sites for hydroxylation is 1. The SMILES string of the molecule is COc1ccc(-c2ccc(C(F)(F)F)cc2)cc1C(=O)N[C@H](Cc1ccc(-c2ccc(F)cc2)cc1)c1nc(C)no1. The third kappa shape index (κ3) is 6.49. The summed E-state index contributed by atoms with van der Waals surface area (Å²) in [5.41, 5.74) is 3.09. The zero-order chi connectivity index (χ0) is 29.9. The van der Waals surface area contributed by atoms with Gasteiger partial charge < -0.3 is 14.6 Å². The second-order valence-electron chi connectivity index (χ2n) is 9.60. The molecule has 4 aromatic carbocycles. The quantitative estimate of drug-likeness (QED) is 0.193. The summed E-state index contributed by atoms with van der Waals surface area (Å²) in [6.45, 7) is 1.67. The van der Waals surface area contributed by atoms with Crippen LogP contribution in [0.2, 0.25) is 0 Å². The van der Waals surface area contributed by atoms with Crippen LogP contribution in [0.5, 0.6) is 5.75 Å². The first-order valence-electron chi connectivity index (χ1n) is 12.9. The molecule has 0 spiro atoms. The number of nitrogens with zero attached hydrogens (tertiary/aromatic N) is 2. The fraction of sp³-hybridized carbons (Fsp3) is 0.156. The number of nitrogens with one attached hydrogen (secondary N) is 1. The minimum Gasteiger partial charge on any atom is -0.496 e. The molecular weight excluding hydrogens is 550 g/mol. The first kappa shape index (κ1) is 28.5. The van der Waals surface area contributed by atoms with Crippen LogP contribution in [-0.2, 0) is 12.6 Å². The average molecular weight is 576 g/mol. The Morgan fingerprint density at radius 1 is 0.881 bits per heavy atom. The van der Waals surface area contributed by atoms with Crippen LogP contribution in [-0.4, -0.2) is 23.2 Å². The molecule has 0 fully saturated rings. The maximum absolute atomic E-state index is 13.6. The van der Waals surface area contributed by atoms with Crippen LogP contribution in [0.15, 0.2) is 95.5 Å². The van der Waals surface area contributed by atoms with Crippen molar-refractivity contribution in [3.63, 3.8) is 0 Å². The number of amides is 1. The topological polar surface area (TPSA) is 77.2 Å². The van der Waals surface area contributed by atoms with Gasteiger partial charge in [-0.2, -0.15) is 18.2 Å². The summed E-state index contributed by atoms with van der Waals surface area (Å²) in [6, 6.07) is 22.6. The second kappa shape index (κ2) is 11.9. The Balaban J connectivity index is 1.40. The molecule has 6 nitrogen and oxygen atoms in total. The Bertz CT molecular complexity index is 1680. The Kier molecular flexibility index (Phi) is 8.06. The molecule has 0 aliphatic rings. The van der Waals surface area contributed by atoms with E-state index in [0.29, 0.717) is 23.4 Å². The van der Waals surface area contributed by atoms with E-state index < -0.39 is 23.7 Å². The normalized spacial score (nSPS) is 12.1. The van der Waals surface area contributed by atoms with E-state index in [4.69, 9.17) is 9.26 Å². The molecule has 214 valence electrons. The largest absolute Gasteiger partial charge is 0.496 e. The van der Waals surface area contributed by atoms with Gasteiger partial charge in [-0.05, 0) is 71.1 Å². The molecule has 1 atom stereocenters. The smallest absolute Gasteiger partial charge is 0.416 e. The highest BCUT2D eigenvalue weighted by molar-refractivity contribution is 5.98. The Labute approximate surface area is 239 Å². The highest BCUT2D eigenvalue weighted by atomic mass is 19.4. The number of hydrogen-bond acceptors (Lipinski definition) is 5. The van der Waals surface area contributed by atoms with Crippen LogP contribution in [0.4, 0.5) is 17.6 Å². The lowest BCUT2D eigenvalue weighted by Crippen LogP contribution is -2.30. The minimum atomic E-state index is -4.45. The number of carbonyl (C=O) groups is 1. The van der Waals surface area contributed by atoms with Crippen molar-refractivity contribution >= 4 is 5.91 Å². The number of carbonyl (C=O) groups excluding carboxylic acids is 1. The average Bonchev–Trinajstić information content (AvgIpc) is 3.43. The maximum atomic E-state index is 13.6. The fourth-order valence-electron chi connectivity index (χ4n) is 4.52. The van der Waals surface area contributed by atoms with Gasteiger partial charge in [0.05, 0.1) is 18.2 Å². The van der Waals surface area contributed by atoms with Gasteiger partial charge in [-0.1, -0.05) is 59.8 Å². The summed E-state index contributed by atoms with van der Waals surface area (Å²) >= 11 is 0. The number of rotatable bonds is 8. The van der Waals surface area contributed by atoms with Crippen molar-refractivity contribution in [2.45, 2.75) is 25.6 Å². The molecule has 0 aliphatic heterocycles. The van der Waals surface area contributed by atoms with Crippen LogP contribution in [0.1, 0.15) is 39.2 Å².